The van der Waals surface area contributed by atoms with Crippen LogP contribution in [0.1, 0.15) is 54.9 Å². The fourth-order valence-electron chi connectivity index (χ4n) is 8.85. The van der Waals surface area contributed by atoms with Gasteiger partial charge in [0.1, 0.15) is 53.8 Å². The number of phenolic OH excluding ortho intramolecular Hbond substituents is 2. The zero-order valence-corrected chi connectivity index (χ0v) is 48.1. The Morgan fingerprint density at radius 3 is 1.85 bits per heavy atom. The first-order valence-corrected chi connectivity index (χ1v) is 30.1. The summed E-state index contributed by atoms with van der Waals surface area (Å²) < 4.78 is 5.46. The summed E-state index contributed by atoms with van der Waals surface area (Å²) in [5.74, 6) is -6.43. The summed E-state index contributed by atoms with van der Waals surface area (Å²) in [6.45, 7) is 6.19. The average molecular weight is 1190 g/mol. The van der Waals surface area contributed by atoms with E-state index in [0.29, 0.717) is 60.7 Å². The van der Waals surface area contributed by atoms with Gasteiger partial charge in [-0.05, 0) is 110 Å². The Kier molecular flexibility index (Phi) is 25.9. The van der Waals surface area contributed by atoms with Gasteiger partial charge >= 0.3 is 0 Å². The molecule has 0 radical (unpaired) electrons. The highest BCUT2D eigenvalue weighted by atomic mass is 35.5. The molecule has 0 unspecified atom stereocenters. The lowest BCUT2D eigenvalue weighted by atomic mass is 10.0. The van der Waals surface area contributed by atoms with Crippen LogP contribution in [0.5, 0.6) is 11.5 Å². The molecule has 0 aromatic heterocycles. The number of nitrogens with zero attached hydrogens (tertiary/aromatic N) is 1. The van der Waals surface area contributed by atoms with E-state index in [0.717, 1.165) is 52.5 Å². The number of aromatic hydroxyl groups is 2. The summed E-state index contributed by atoms with van der Waals surface area (Å²) in [6, 6.07) is 17.0. The summed E-state index contributed by atoms with van der Waals surface area (Å²) >= 11 is 6.09. The van der Waals surface area contributed by atoms with Gasteiger partial charge in [-0.25, -0.2) is 0 Å². The van der Waals surface area contributed by atoms with E-state index in [9.17, 15) is 48.6 Å². The monoisotopic (exact) mass is 1190 g/mol. The van der Waals surface area contributed by atoms with E-state index in [1.165, 1.54) is 31.2 Å². The number of anilines is 1. The number of ether oxygens (including phenoxy) is 1. The van der Waals surface area contributed by atoms with Gasteiger partial charge in [-0.15, -0.1) is 0 Å². The molecule has 8 amide bonds. The molecule has 0 aliphatic carbocycles. The molecule has 442 valence electrons. The average Bonchev–Trinajstić information content (AvgIpc) is 3.57. The molecule has 2 fully saturated rings. The van der Waals surface area contributed by atoms with E-state index < -0.39 is 89.6 Å². The largest absolute Gasteiger partial charge is 0.508 e. The highest BCUT2D eigenvalue weighted by molar-refractivity contribution is 8.76. The second-order valence-electron chi connectivity index (χ2n) is 20.1. The van der Waals surface area contributed by atoms with Crippen molar-refractivity contribution in [2.45, 2.75) is 101 Å². The van der Waals surface area contributed by atoms with Crippen LogP contribution in [-0.2, 0) is 68.8 Å². The van der Waals surface area contributed by atoms with Crippen LogP contribution in [0.2, 0.25) is 5.02 Å². The van der Waals surface area contributed by atoms with Crippen molar-refractivity contribution in [3.05, 3.63) is 124 Å². The van der Waals surface area contributed by atoms with Gasteiger partial charge in [-0.2, -0.15) is 0 Å². The van der Waals surface area contributed by atoms with Gasteiger partial charge in [0.2, 0.25) is 47.3 Å². The zero-order chi connectivity index (χ0) is 59.0. The number of amides is 8. The summed E-state index contributed by atoms with van der Waals surface area (Å²) in [7, 11) is 2.12. The van der Waals surface area contributed by atoms with Crippen LogP contribution in [0.3, 0.4) is 0 Å². The van der Waals surface area contributed by atoms with E-state index in [-0.39, 0.29) is 61.7 Å². The van der Waals surface area contributed by atoms with E-state index in [1.54, 1.807) is 48.5 Å². The number of morpholine rings is 1. The van der Waals surface area contributed by atoms with Crippen LogP contribution in [0.15, 0.2) is 97.1 Å². The molecule has 0 spiro atoms. The number of primary amides is 1. The molecular formula is C57H74ClN11O11S2. The van der Waals surface area contributed by atoms with E-state index >= 15 is 0 Å². The second kappa shape index (κ2) is 33.1. The van der Waals surface area contributed by atoms with Crippen LogP contribution < -0.4 is 54.0 Å². The number of hydrogen-bond donors (Lipinski definition) is 12. The number of rotatable bonds is 21. The normalized spacial score (nSPS) is 21.3. The quantitative estimate of drug-likeness (QED) is 0.0416. The van der Waals surface area contributed by atoms with Crippen molar-refractivity contribution in [1.82, 2.24) is 42.1 Å². The predicted molar refractivity (Wildman–Crippen MR) is 315 cm³/mol. The number of hydrogen-bond acceptors (Lipinski definition) is 16. The molecule has 25 heteroatoms. The molecule has 22 nitrogen and oxygen atoms in total. The van der Waals surface area contributed by atoms with E-state index in [4.69, 9.17) is 27.8 Å². The standard InChI is InChI=1S/C57H74ClN11O11S2/c1-35-52(74)68-49(57(79)65-45(51(60)73)30-38-9-18-42(70)19-10-38)34-82-81-33-48(63-50(72)22-13-36-5-14-40(58)15-6-36)56(78)67-47(32-39-11-20-43(71)21-12-39)55(77)66-46(54(76)64-44(53(75)62-35)4-2-3-23-59)31-37-7-16-41(17-8-37)61-24-25-69-26-28-80-29-27-69/h5-12,14-21,35,44-49,61,70-71H,2-4,13,22-34,59H2,1H3,(H2,60,73)(H,62,75)(H,63,72)(H,64,76)(H,65,79)(H,66,77)(H,67,78)(H,68,74)/t35-,44-,45+,46+,47-,48+,49-/m0/s1. The lowest BCUT2D eigenvalue weighted by Crippen LogP contribution is -2.60. The summed E-state index contributed by atoms with van der Waals surface area (Å²) in [6.07, 6.45) is 0.939. The van der Waals surface area contributed by atoms with E-state index in [1.807, 2.05) is 24.3 Å². The summed E-state index contributed by atoms with van der Waals surface area (Å²) in [5.41, 5.74) is 14.9. The van der Waals surface area contributed by atoms with Gasteiger partial charge in [-0.3, -0.25) is 43.3 Å². The molecule has 2 aliphatic rings. The Morgan fingerprint density at radius 1 is 0.695 bits per heavy atom. The first-order chi connectivity index (χ1) is 39.4. The van der Waals surface area contributed by atoms with Crippen molar-refractivity contribution in [3.8, 4) is 11.5 Å². The SMILES string of the molecule is C[C@@H]1NC(=O)[C@H](CCCCN)NC(=O)[C@@H](Cc2ccc(NCCN3CCOCC3)cc2)NC(=O)[C@H](Cc2ccc(O)cc2)NC(=O)[C@H](NC(=O)CCc2ccc(Cl)cc2)CSSC[C@@H](C(=O)N[C@H](Cc2ccc(O)cc2)C(N)=O)NC1=O. The lowest BCUT2D eigenvalue weighted by Gasteiger charge is -2.28. The third kappa shape index (κ3) is 21.7. The fourth-order valence-corrected chi connectivity index (χ4v) is 11.3. The molecule has 2 saturated heterocycles. The molecule has 2 aliphatic heterocycles. The second-order valence-corrected chi connectivity index (χ2v) is 23.1. The molecule has 2 heterocycles. The van der Waals surface area contributed by atoms with Crippen molar-refractivity contribution < 1.29 is 53.3 Å². The lowest BCUT2D eigenvalue weighted by molar-refractivity contribution is -0.135. The van der Waals surface area contributed by atoms with Crippen molar-refractivity contribution in [2.24, 2.45) is 11.5 Å². The van der Waals surface area contributed by atoms with Crippen molar-refractivity contribution in [1.29, 1.82) is 0 Å². The Bertz CT molecular complexity index is 2760. The Labute approximate surface area is 489 Å². The number of aryl methyl sites for hydroxylation is 1. The Morgan fingerprint density at radius 2 is 1.24 bits per heavy atom. The van der Waals surface area contributed by atoms with Crippen molar-refractivity contribution in [2.75, 3.05) is 62.8 Å². The van der Waals surface area contributed by atoms with Crippen LogP contribution >= 0.6 is 33.2 Å². The number of nitrogens with one attached hydrogen (secondary N) is 8. The smallest absolute Gasteiger partial charge is 0.244 e. The molecule has 7 atom stereocenters. The molecule has 6 rings (SSSR count). The maximum atomic E-state index is 14.8. The maximum absolute atomic E-state index is 14.8. The number of unbranched alkanes of at least 4 members (excludes halogenated alkanes) is 1. The van der Waals surface area contributed by atoms with Crippen LogP contribution in [0, 0.1) is 0 Å². The molecule has 14 N–H and O–H groups in total. The molecule has 4 aromatic rings. The molecule has 4 aromatic carbocycles. The van der Waals surface area contributed by atoms with Crippen LogP contribution in [0.25, 0.3) is 0 Å². The van der Waals surface area contributed by atoms with Crippen molar-refractivity contribution in [3.63, 3.8) is 0 Å². The van der Waals surface area contributed by atoms with Gasteiger partial charge in [0.15, 0.2) is 0 Å². The molecule has 0 saturated carbocycles. The predicted octanol–water partition coefficient (Wildman–Crippen LogP) is 1.58. The van der Waals surface area contributed by atoms with Gasteiger partial charge in [-0.1, -0.05) is 81.7 Å². The van der Waals surface area contributed by atoms with Crippen molar-refractivity contribution >= 4 is 86.1 Å². The molecular weight excluding hydrogens is 1110 g/mol. The highest BCUT2D eigenvalue weighted by Gasteiger charge is 2.34. The maximum Gasteiger partial charge on any atom is 0.244 e. The van der Waals surface area contributed by atoms with Gasteiger partial charge in [0.05, 0.1) is 13.2 Å². The summed E-state index contributed by atoms with van der Waals surface area (Å²) in [5, 5.41) is 43.1. The number of nitrogens with two attached hydrogens (primary N) is 2. The fraction of sp³-hybridized carbons (Fsp3) is 0.439. The highest BCUT2D eigenvalue weighted by Crippen LogP contribution is 2.24. The van der Waals surface area contributed by atoms with Crippen LogP contribution in [-0.4, -0.2) is 162 Å². The minimum Gasteiger partial charge on any atom is -0.508 e. The van der Waals surface area contributed by atoms with E-state index in [2.05, 4.69) is 47.4 Å². The number of carbonyl (C=O) groups is 8. The topological polar surface area (TPSA) is 338 Å². The molecule has 0 bridgehead atoms. The Balaban J connectivity index is 1.32. The third-order valence-corrected chi connectivity index (χ3v) is 16.3. The first kappa shape index (κ1) is 64.1. The van der Waals surface area contributed by atoms with Gasteiger partial charge < -0.3 is 69.0 Å². The van der Waals surface area contributed by atoms with Gasteiger partial charge in [0, 0.05) is 74.1 Å². The number of carbonyl (C=O) groups excluding carboxylic acids is 8. The summed E-state index contributed by atoms with van der Waals surface area (Å²) in [4.78, 5) is 115. The minimum absolute atomic E-state index is 0.0175. The number of halogens is 1. The van der Waals surface area contributed by atoms with Crippen LogP contribution in [0.4, 0.5) is 5.69 Å². The Hall–Kier alpha value is -7.09. The van der Waals surface area contributed by atoms with Gasteiger partial charge in [0.25, 0.3) is 0 Å². The first-order valence-electron chi connectivity index (χ1n) is 27.2. The third-order valence-electron chi connectivity index (χ3n) is 13.7. The molecule has 82 heavy (non-hydrogen) atoms. The minimum atomic E-state index is -1.38. The number of phenols is 2. The zero-order valence-electron chi connectivity index (χ0n) is 45.7. The number of benzene rings is 4.